The first-order valence-electron chi connectivity index (χ1n) is 6.19. The van der Waals surface area contributed by atoms with Crippen LogP contribution in [0.5, 0.6) is 0 Å². The van der Waals surface area contributed by atoms with Crippen LogP contribution in [0.3, 0.4) is 0 Å². The number of nitrogens with zero attached hydrogens (tertiary/aromatic N) is 1. The minimum absolute atomic E-state index is 0.396. The second kappa shape index (κ2) is 7.64. The summed E-state index contributed by atoms with van der Waals surface area (Å²) in [7, 11) is 0. The van der Waals surface area contributed by atoms with E-state index in [9.17, 15) is 0 Å². The van der Waals surface area contributed by atoms with Gasteiger partial charge in [0.1, 0.15) is 0 Å². The maximum Gasteiger partial charge on any atom is 0.0799 e. The van der Waals surface area contributed by atoms with E-state index < -0.39 is 0 Å². The summed E-state index contributed by atoms with van der Waals surface area (Å²) in [4.78, 5) is 2.57. The molecule has 0 aromatic rings. The Bertz CT molecular complexity index is 166. The maximum absolute atomic E-state index is 5.71. The van der Waals surface area contributed by atoms with Crippen LogP contribution in [-0.4, -0.2) is 42.1 Å². The lowest BCUT2D eigenvalue weighted by molar-refractivity contribution is -0.0469. The average molecular weight is 278 g/mol. The van der Waals surface area contributed by atoms with Crippen LogP contribution in [0.4, 0.5) is 0 Å². The smallest absolute Gasteiger partial charge is 0.0799 e. The molecule has 0 radical (unpaired) electrons. The Morgan fingerprint density at radius 2 is 2.13 bits per heavy atom. The summed E-state index contributed by atoms with van der Waals surface area (Å²) in [6.07, 6.45) is 5.81. The van der Waals surface area contributed by atoms with Crippen LogP contribution < -0.4 is 0 Å². The lowest BCUT2D eigenvalue weighted by Crippen LogP contribution is -2.49. The summed E-state index contributed by atoms with van der Waals surface area (Å²) >= 11 is 3.50. The van der Waals surface area contributed by atoms with Gasteiger partial charge < -0.3 is 4.74 Å². The zero-order valence-corrected chi connectivity index (χ0v) is 11.6. The molecule has 1 saturated heterocycles. The number of ether oxygens (including phenoxy) is 1. The summed E-state index contributed by atoms with van der Waals surface area (Å²) < 4.78 is 5.71. The topological polar surface area (TPSA) is 12.5 Å². The highest BCUT2D eigenvalue weighted by molar-refractivity contribution is 9.09. The number of hydrogen-bond donors (Lipinski definition) is 0. The molecule has 90 valence electrons. The van der Waals surface area contributed by atoms with Crippen molar-refractivity contribution in [2.24, 2.45) is 0 Å². The summed E-state index contributed by atoms with van der Waals surface area (Å²) in [5, 5.41) is 0.963. The Kier molecular flexibility index (Phi) is 6.86. The van der Waals surface area contributed by atoms with Gasteiger partial charge >= 0.3 is 0 Å². The highest BCUT2D eigenvalue weighted by Gasteiger charge is 2.24. The van der Waals surface area contributed by atoms with Crippen molar-refractivity contribution in [3.63, 3.8) is 0 Å². The van der Waals surface area contributed by atoms with Crippen LogP contribution in [-0.2, 0) is 4.74 Å². The fraction of sp³-hybridized carbons (Fsp3) is 1.00. The normalized spacial score (nSPS) is 28.2. The van der Waals surface area contributed by atoms with Gasteiger partial charge in [-0.15, -0.1) is 0 Å². The molecule has 1 aliphatic rings. The molecule has 0 bridgehead atoms. The van der Waals surface area contributed by atoms with E-state index in [1.807, 2.05) is 0 Å². The third kappa shape index (κ3) is 4.83. The molecule has 0 spiro atoms. The number of halogens is 1. The van der Waals surface area contributed by atoms with Crippen LogP contribution in [0.25, 0.3) is 0 Å². The van der Waals surface area contributed by atoms with E-state index in [1.165, 1.54) is 32.2 Å². The van der Waals surface area contributed by atoms with Crippen molar-refractivity contribution in [2.75, 3.05) is 25.0 Å². The van der Waals surface area contributed by atoms with Gasteiger partial charge in [0.05, 0.1) is 12.7 Å². The highest BCUT2D eigenvalue weighted by Crippen LogP contribution is 2.14. The van der Waals surface area contributed by atoms with E-state index in [-0.39, 0.29) is 0 Å². The van der Waals surface area contributed by atoms with E-state index in [4.69, 9.17) is 4.74 Å². The van der Waals surface area contributed by atoms with E-state index in [2.05, 4.69) is 34.7 Å². The fourth-order valence-corrected chi connectivity index (χ4v) is 2.41. The van der Waals surface area contributed by atoms with Gasteiger partial charge in [0.25, 0.3) is 0 Å². The Balaban J connectivity index is 2.19. The minimum Gasteiger partial charge on any atom is -0.374 e. The van der Waals surface area contributed by atoms with E-state index >= 15 is 0 Å². The second-order valence-corrected chi connectivity index (χ2v) is 5.16. The number of rotatable bonds is 6. The van der Waals surface area contributed by atoms with Crippen LogP contribution in [0.15, 0.2) is 0 Å². The molecular weight excluding hydrogens is 254 g/mol. The van der Waals surface area contributed by atoms with Crippen LogP contribution in [0.1, 0.15) is 39.5 Å². The number of unbranched alkanes of at least 4 members (excludes halogenated alkanes) is 3. The molecule has 2 unspecified atom stereocenters. The molecule has 0 aromatic heterocycles. The van der Waals surface area contributed by atoms with Gasteiger partial charge in [0.15, 0.2) is 0 Å². The van der Waals surface area contributed by atoms with Gasteiger partial charge in [-0.05, 0) is 19.9 Å². The molecular formula is C12H24BrNO. The van der Waals surface area contributed by atoms with Gasteiger partial charge in [0.2, 0.25) is 0 Å². The van der Waals surface area contributed by atoms with Crippen LogP contribution in [0, 0.1) is 0 Å². The van der Waals surface area contributed by atoms with Crippen molar-refractivity contribution in [3.05, 3.63) is 0 Å². The van der Waals surface area contributed by atoms with Crippen LogP contribution >= 0.6 is 15.9 Å². The molecule has 0 N–H and O–H groups in total. The molecule has 1 aliphatic heterocycles. The number of hydrogen-bond acceptors (Lipinski definition) is 2. The van der Waals surface area contributed by atoms with E-state index in [0.29, 0.717) is 12.1 Å². The van der Waals surface area contributed by atoms with E-state index in [1.54, 1.807) is 0 Å². The number of morpholine rings is 1. The summed E-state index contributed by atoms with van der Waals surface area (Å²) in [5.41, 5.74) is 0. The lowest BCUT2D eigenvalue weighted by atomic mass is 10.1. The van der Waals surface area contributed by atoms with Crippen molar-refractivity contribution < 1.29 is 4.74 Å². The van der Waals surface area contributed by atoms with Crippen molar-refractivity contribution in [2.45, 2.75) is 51.7 Å². The summed E-state index contributed by atoms with van der Waals surface area (Å²) in [6.45, 7) is 7.76. The Hall–Kier alpha value is 0.400. The molecule has 0 amide bonds. The molecule has 1 heterocycles. The Labute approximate surface area is 102 Å². The predicted octanol–water partition coefficient (Wildman–Crippen LogP) is 3.05. The standard InChI is InChI=1S/C12H24BrNO/c1-3-4-5-6-7-14-9-12(8-13)15-10-11(14)2/h11-12H,3-10H2,1-2H3. The zero-order valence-electron chi connectivity index (χ0n) is 10.0. The first-order valence-corrected chi connectivity index (χ1v) is 7.31. The lowest BCUT2D eigenvalue weighted by Gasteiger charge is -2.37. The zero-order chi connectivity index (χ0) is 11.1. The quantitative estimate of drug-likeness (QED) is 0.547. The largest absolute Gasteiger partial charge is 0.374 e. The fourth-order valence-electron chi connectivity index (χ4n) is 2.02. The summed E-state index contributed by atoms with van der Waals surface area (Å²) in [6, 6.07) is 0.599. The third-order valence-electron chi connectivity index (χ3n) is 3.11. The highest BCUT2D eigenvalue weighted by atomic mass is 79.9. The SMILES string of the molecule is CCCCCCN1CC(CBr)OCC1C. The Morgan fingerprint density at radius 1 is 1.33 bits per heavy atom. The molecule has 1 rings (SSSR count). The number of alkyl halides is 1. The molecule has 0 saturated carbocycles. The first-order chi connectivity index (χ1) is 7.27. The minimum atomic E-state index is 0.396. The molecule has 3 heteroatoms. The maximum atomic E-state index is 5.71. The molecule has 1 fully saturated rings. The first kappa shape index (κ1) is 13.5. The van der Waals surface area contributed by atoms with Crippen molar-refractivity contribution >= 4 is 15.9 Å². The van der Waals surface area contributed by atoms with Crippen molar-refractivity contribution in [3.8, 4) is 0 Å². The molecule has 15 heavy (non-hydrogen) atoms. The monoisotopic (exact) mass is 277 g/mol. The van der Waals surface area contributed by atoms with Gasteiger partial charge in [-0.3, -0.25) is 4.90 Å². The van der Waals surface area contributed by atoms with Gasteiger partial charge in [-0.25, -0.2) is 0 Å². The average Bonchev–Trinajstić information content (AvgIpc) is 2.26. The van der Waals surface area contributed by atoms with Crippen LogP contribution in [0.2, 0.25) is 0 Å². The van der Waals surface area contributed by atoms with Gasteiger partial charge in [-0.2, -0.15) is 0 Å². The molecule has 0 aromatic carbocycles. The predicted molar refractivity (Wildman–Crippen MR) is 68.7 cm³/mol. The Morgan fingerprint density at radius 3 is 2.80 bits per heavy atom. The molecule has 2 atom stereocenters. The van der Waals surface area contributed by atoms with E-state index in [0.717, 1.165) is 18.5 Å². The molecule has 0 aliphatic carbocycles. The van der Waals surface area contributed by atoms with Gasteiger partial charge in [0, 0.05) is 17.9 Å². The van der Waals surface area contributed by atoms with Crippen molar-refractivity contribution in [1.29, 1.82) is 0 Å². The third-order valence-corrected chi connectivity index (χ3v) is 3.83. The molecule has 2 nitrogen and oxygen atoms in total. The van der Waals surface area contributed by atoms with Gasteiger partial charge in [-0.1, -0.05) is 42.1 Å². The second-order valence-electron chi connectivity index (χ2n) is 4.51. The van der Waals surface area contributed by atoms with Crippen molar-refractivity contribution in [1.82, 2.24) is 4.90 Å². The summed E-state index contributed by atoms with van der Waals surface area (Å²) in [5.74, 6) is 0.